The number of piperidine rings is 1. The summed E-state index contributed by atoms with van der Waals surface area (Å²) >= 11 is 0. The molecule has 11 rings (SSSR count). The van der Waals surface area contributed by atoms with Crippen LogP contribution in [0.1, 0.15) is 79.5 Å². The average molecular weight is 886 g/mol. The van der Waals surface area contributed by atoms with E-state index in [2.05, 4.69) is 30.2 Å². The monoisotopic (exact) mass is 885 g/mol. The number of alkyl halides is 2. The molecular weight excluding hydrogens is 836 g/mol. The second-order valence-corrected chi connectivity index (χ2v) is 18.2. The van der Waals surface area contributed by atoms with E-state index in [0.29, 0.717) is 48.1 Å². The van der Waals surface area contributed by atoms with Gasteiger partial charge in [0, 0.05) is 90.8 Å². The fourth-order valence-electron chi connectivity index (χ4n) is 11.1. The third-order valence-electron chi connectivity index (χ3n) is 14.7. The number of likely N-dealkylation sites (N-methyl/N-ethyl adjacent to an activating group) is 1. The van der Waals surface area contributed by atoms with Crippen molar-refractivity contribution in [1.29, 1.82) is 0 Å². The lowest BCUT2D eigenvalue weighted by Crippen LogP contribution is -2.64. The quantitative estimate of drug-likeness (QED) is 0.216. The number of hydrogen-bond donors (Lipinski definition) is 1. The number of imidazole rings is 1. The number of piperazine rings is 1. The summed E-state index contributed by atoms with van der Waals surface area (Å²) in [7, 11) is 3.02. The number of carbonyl (C=O) groups is 3. The van der Waals surface area contributed by atoms with Crippen LogP contribution in [0, 0.1) is 5.82 Å². The third-order valence-corrected chi connectivity index (χ3v) is 14.7. The molecule has 1 aromatic carbocycles. The molecule has 1 saturated carbocycles. The summed E-state index contributed by atoms with van der Waals surface area (Å²) in [4.78, 5) is 67.2. The van der Waals surface area contributed by atoms with Gasteiger partial charge in [0.05, 0.1) is 53.4 Å². The molecule has 21 heteroatoms. The van der Waals surface area contributed by atoms with Crippen LogP contribution in [-0.2, 0) is 21.4 Å². The number of benzene rings is 1. The fraction of sp³-hybridized carbons (Fsp3) is 0.558. The van der Waals surface area contributed by atoms with Crippen LogP contribution in [0.4, 0.5) is 30.4 Å². The Kier molecular flexibility index (Phi) is 10.1. The summed E-state index contributed by atoms with van der Waals surface area (Å²) in [5, 5.41) is 11.3. The van der Waals surface area contributed by atoms with Crippen molar-refractivity contribution in [2.75, 3.05) is 74.6 Å². The van der Waals surface area contributed by atoms with Crippen LogP contribution in [0.5, 0.6) is 0 Å². The molecule has 3 amide bonds. The Balaban J connectivity index is 0.697. The standard InChI is InChI=1S/C43H50F3N13O5/c1-51-35(60)10-9-33(42(51)62)59-32-8-7-30(44)37(38(32)52(2)43(59)63)55-19-27(20-55)54-15-13-53(14-16-54)24-3-5-25(6-4-24)58-22-31(36(50-58)39(45)46)48-41(61)29-18-47-57-12-11-34(49-40(29)57)56-21-28-17-26(56)23-64-28/h7-8,11-12,18,22,24-28,33,39H,3-6,9-10,13-17,19-21,23H2,1-2H3,(H,48,61)/t24?,25?,26-,28-,33?/m1/s1. The Morgan fingerprint density at radius 2 is 1.64 bits per heavy atom. The molecule has 4 aromatic heterocycles. The van der Waals surface area contributed by atoms with Gasteiger partial charge in [-0.2, -0.15) is 10.2 Å². The van der Waals surface area contributed by atoms with Crippen LogP contribution in [0.15, 0.2) is 41.6 Å². The number of imide groups is 1. The summed E-state index contributed by atoms with van der Waals surface area (Å²) in [6.07, 6.45) is 6.54. The van der Waals surface area contributed by atoms with Crippen LogP contribution >= 0.6 is 0 Å². The number of likely N-dealkylation sites (tertiary alicyclic amines) is 1. The number of amides is 3. The molecule has 64 heavy (non-hydrogen) atoms. The van der Waals surface area contributed by atoms with Crippen molar-refractivity contribution >= 4 is 51.6 Å². The molecule has 1 aliphatic carbocycles. The molecule has 5 saturated heterocycles. The van der Waals surface area contributed by atoms with Gasteiger partial charge in [-0.05, 0) is 56.7 Å². The van der Waals surface area contributed by atoms with Gasteiger partial charge in [-0.3, -0.25) is 42.9 Å². The summed E-state index contributed by atoms with van der Waals surface area (Å²) in [6, 6.07) is 4.63. The van der Waals surface area contributed by atoms with Gasteiger partial charge < -0.3 is 19.9 Å². The lowest BCUT2D eigenvalue weighted by molar-refractivity contribution is -0.149. The molecule has 18 nitrogen and oxygen atoms in total. The summed E-state index contributed by atoms with van der Waals surface area (Å²) in [5.74, 6) is -1.03. The number of carbonyl (C=O) groups excluding carboxylic acids is 3. The minimum atomic E-state index is -2.88. The van der Waals surface area contributed by atoms with E-state index in [0.717, 1.165) is 75.5 Å². The highest BCUT2D eigenvalue weighted by molar-refractivity contribution is 6.08. The molecule has 1 unspecified atom stereocenters. The molecule has 6 aliphatic rings. The summed E-state index contributed by atoms with van der Waals surface area (Å²) in [5.41, 5.74) is 0.860. The van der Waals surface area contributed by atoms with Gasteiger partial charge in [0.1, 0.15) is 23.2 Å². The second-order valence-electron chi connectivity index (χ2n) is 18.2. The molecule has 0 spiro atoms. The van der Waals surface area contributed by atoms with Crippen molar-refractivity contribution in [2.45, 2.75) is 87.7 Å². The van der Waals surface area contributed by atoms with Gasteiger partial charge in [-0.1, -0.05) is 0 Å². The second kappa shape index (κ2) is 15.7. The lowest BCUT2D eigenvalue weighted by atomic mass is 9.89. The number of rotatable bonds is 9. The number of anilines is 3. The molecule has 5 aromatic rings. The SMILES string of the molecule is CN1C(=O)CCC(n2c(=O)n(C)c3c(N4CC(N5CCN(C6CCC(n7cc(NC(=O)c8cnn9ccc(N%10C[C@H]%11C[C@@H]%10CO%11)nc89)c(C(F)F)n7)CC6)CC5)C4)c(F)ccc32)C1=O. The van der Waals surface area contributed by atoms with Crippen LogP contribution in [0.2, 0.25) is 0 Å². The number of aryl methyl sites for hydroxylation is 1. The molecule has 2 bridgehead atoms. The number of fused-ring (bicyclic) bond motifs is 4. The first kappa shape index (κ1) is 40.9. The van der Waals surface area contributed by atoms with E-state index in [1.807, 2.05) is 11.0 Å². The first-order valence-electron chi connectivity index (χ1n) is 22.3. The normalized spacial score (nSPS) is 26.0. The number of halogens is 3. The largest absolute Gasteiger partial charge is 0.374 e. The maximum atomic E-state index is 15.6. The van der Waals surface area contributed by atoms with Gasteiger partial charge in [0.25, 0.3) is 18.2 Å². The van der Waals surface area contributed by atoms with E-state index in [4.69, 9.17) is 9.72 Å². The Morgan fingerprint density at radius 3 is 2.34 bits per heavy atom. The summed E-state index contributed by atoms with van der Waals surface area (Å²) in [6.45, 7) is 6.01. The maximum Gasteiger partial charge on any atom is 0.329 e. The molecule has 338 valence electrons. The minimum absolute atomic E-state index is 0.0260. The number of ether oxygens (including phenoxy) is 1. The molecule has 9 heterocycles. The molecule has 0 radical (unpaired) electrons. The number of nitrogens with one attached hydrogen (secondary N) is 1. The first-order chi connectivity index (χ1) is 30.9. The lowest BCUT2D eigenvalue weighted by Gasteiger charge is -2.50. The van der Waals surface area contributed by atoms with Crippen molar-refractivity contribution in [2.24, 2.45) is 7.05 Å². The number of morpholine rings is 1. The smallest absolute Gasteiger partial charge is 0.329 e. The summed E-state index contributed by atoms with van der Waals surface area (Å²) < 4.78 is 56.0. The van der Waals surface area contributed by atoms with Crippen molar-refractivity contribution in [3.05, 3.63) is 64.3 Å². The van der Waals surface area contributed by atoms with Crippen LogP contribution in [0.3, 0.4) is 0 Å². The molecule has 5 aliphatic heterocycles. The highest BCUT2D eigenvalue weighted by Gasteiger charge is 2.42. The van der Waals surface area contributed by atoms with Crippen molar-refractivity contribution in [3.63, 3.8) is 0 Å². The Labute approximate surface area is 365 Å². The zero-order valence-electron chi connectivity index (χ0n) is 35.7. The minimum Gasteiger partial charge on any atom is -0.374 e. The zero-order chi connectivity index (χ0) is 44.1. The van der Waals surface area contributed by atoms with Crippen molar-refractivity contribution in [1.82, 2.24) is 48.2 Å². The Hall–Kier alpha value is -5.80. The van der Waals surface area contributed by atoms with Crippen LogP contribution < -0.4 is 20.8 Å². The van der Waals surface area contributed by atoms with Gasteiger partial charge >= 0.3 is 5.69 Å². The maximum absolute atomic E-state index is 15.6. The van der Waals surface area contributed by atoms with E-state index in [1.165, 1.54) is 39.2 Å². The molecule has 3 atom stereocenters. The van der Waals surface area contributed by atoms with Crippen molar-refractivity contribution in [3.8, 4) is 0 Å². The molecular formula is C43H50F3N13O5. The molecule has 1 N–H and O–H groups in total. The average Bonchev–Trinajstić information content (AvgIpc) is 4.13. The van der Waals surface area contributed by atoms with Gasteiger partial charge in [0.15, 0.2) is 11.3 Å². The third kappa shape index (κ3) is 6.76. The number of aromatic nitrogens is 7. The first-order valence-corrected chi connectivity index (χ1v) is 22.3. The number of nitrogens with zero attached hydrogens (tertiary/aromatic N) is 12. The van der Waals surface area contributed by atoms with E-state index in [9.17, 15) is 28.0 Å². The van der Waals surface area contributed by atoms with E-state index < -0.39 is 41.5 Å². The Morgan fingerprint density at radius 1 is 0.906 bits per heavy atom. The highest BCUT2D eigenvalue weighted by atomic mass is 19.3. The topological polar surface area (TPSA) is 164 Å². The Bertz CT molecular complexity index is 2730. The number of hydrogen-bond acceptors (Lipinski definition) is 12. The van der Waals surface area contributed by atoms with Crippen LogP contribution in [0.25, 0.3) is 16.7 Å². The predicted octanol–water partition coefficient (Wildman–Crippen LogP) is 3.20. The zero-order valence-corrected chi connectivity index (χ0v) is 35.7. The fourth-order valence-corrected chi connectivity index (χ4v) is 11.1. The van der Waals surface area contributed by atoms with E-state index in [1.54, 1.807) is 24.0 Å². The van der Waals surface area contributed by atoms with Gasteiger partial charge in [-0.15, -0.1) is 0 Å². The van der Waals surface area contributed by atoms with Gasteiger partial charge in [0.2, 0.25) is 5.91 Å². The predicted molar refractivity (Wildman–Crippen MR) is 227 cm³/mol. The highest BCUT2D eigenvalue weighted by Crippen LogP contribution is 2.38. The van der Waals surface area contributed by atoms with Gasteiger partial charge in [-0.25, -0.2) is 27.5 Å². The molecule has 6 fully saturated rings. The van der Waals surface area contributed by atoms with Crippen LogP contribution in [-0.4, -0.2) is 150 Å². The van der Waals surface area contributed by atoms with Crippen molar-refractivity contribution < 1.29 is 32.3 Å². The van der Waals surface area contributed by atoms with E-state index >= 15 is 4.39 Å². The van der Waals surface area contributed by atoms with E-state index in [-0.39, 0.29) is 54.2 Å².